The molecule has 14 aromatic rings. The Balaban J connectivity index is 0.687. The van der Waals surface area contributed by atoms with Crippen molar-refractivity contribution in [2.45, 2.75) is 16.2 Å². The van der Waals surface area contributed by atoms with Crippen molar-refractivity contribution >= 4 is 111 Å². The first kappa shape index (κ1) is 70.1. The van der Waals surface area contributed by atoms with Crippen molar-refractivity contribution in [2.24, 2.45) is 14.1 Å². The molecule has 2 aliphatic rings. The summed E-state index contributed by atoms with van der Waals surface area (Å²) < 4.78 is 85.7. The molecule has 0 saturated carbocycles. The molecule has 7 N–H and O–H groups in total. The molecule has 110 heavy (non-hydrogen) atoms. The number of pyridine rings is 2. The molecule has 0 saturated heterocycles. The van der Waals surface area contributed by atoms with Gasteiger partial charge in [-0.1, -0.05) is 140 Å². The number of fused-ring (bicyclic) bond motifs is 4. The summed E-state index contributed by atoms with van der Waals surface area (Å²) in [5.74, 6) is -1.32. The largest absolute Gasteiger partial charge is 0.424 e. The van der Waals surface area contributed by atoms with E-state index in [1.807, 2.05) is 30.3 Å². The minimum atomic E-state index is -5.03. The number of aromatic nitrogens is 8. The zero-order chi connectivity index (χ0) is 76.3. The molecule has 0 radical (unpaired) electrons. The van der Waals surface area contributed by atoms with Crippen molar-refractivity contribution in [1.29, 1.82) is 0 Å². The Kier molecular flexibility index (Phi) is 18.0. The third-order valence-electron chi connectivity index (χ3n) is 18.6. The van der Waals surface area contributed by atoms with E-state index in [2.05, 4.69) is 46.5 Å². The standard InChI is InChI=1S/C81H57N13O14S2/c1-93-59-36-34-56(65-67(59)63(52-25-12-14-27-54(52)73(65)97)69(75(93)99)71(95)45-18-6-3-7-19-45)84-47-22-16-17-44(41-47)42-62-87-77(90-80(88-62)107-49-23-10-5-11-24-49)82-39-40-83-78-89-79(92-81(91-78)108-50-30-32-51(33-31-50)109(101,102)103)85-48-29-38-61(110(104,105)106)58(43-48)86-57-35-37-60-68-64(53-26-13-15-28-55(53)74(98)66(57)68)70(76(100)94(60)2)72(96)46-20-8-4-9-21-46/h3-38,41,43,84,86H,39-40,42H2,1-2H3,(H,101,102,103)(H,104,105,106)(H,82,87,88,90)(H2,83,85,89,91,92). The number of hydrogen-bond acceptors (Lipinski definition) is 23. The highest BCUT2D eigenvalue weighted by Crippen LogP contribution is 2.47. The van der Waals surface area contributed by atoms with Crippen LogP contribution in [0, 0.1) is 0 Å². The lowest BCUT2D eigenvalue weighted by atomic mass is 9.80. The lowest BCUT2D eigenvalue weighted by Gasteiger charge is -2.26. The lowest BCUT2D eigenvalue weighted by molar-refractivity contribution is 0.102. The van der Waals surface area contributed by atoms with Gasteiger partial charge >= 0.3 is 12.0 Å². The summed E-state index contributed by atoms with van der Waals surface area (Å²) in [6.45, 7) is 0.138. The predicted molar refractivity (Wildman–Crippen MR) is 411 cm³/mol. The second kappa shape index (κ2) is 28.2. The van der Waals surface area contributed by atoms with E-state index in [1.54, 1.807) is 159 Å². The van der Waals surface area contributed by atoms with Crippen LogP contribution in [0.5, 0.6) is 23.5 Å². The van der Waals surface area contributed by atoms with Crippen molar-refractivity contribution in [3.8, 4) is 45.8 Å². The van der Waals surface area contributed by atoms with E-state index in [-0.39, 0.29) is 128 Å². The van der Waals surface area contributed by atoms with Gasteiger partial charge in [-0.05, 0) is 108 Å². The molecule has 4 heterocycles. The first-order valence-corrected chi connectivity index (χ1v) is 36.8. The number of aryl methyl sites for hydroxylation is 2. The maximum atomic E-state index is 14.9. The van der Waals surface area contributed by atoms with Gasteiger partial charge in [0, 0.05) is 89.1 Å². The summed E-state index contributed by atoms with van der Waals surface area (Å²) in [6.07, 6.45) is 0.144. The van der Waals surface area contributed by atoms with E-state index in [0.29, 0.717) is 61.4 Å². The molecular weight excluding hydrogens is 1440 g/mol. The first-order chi connectivity index (χ1) is 53.1. The highest BCUT2D eigenvalue weighted by atomic mass is 32.2. The van der Waals surface area contributed by atoms with Gasteiger partial charge in [0.25, 0.3) is 31.4 Å². The molecule has 0 aliphatic heterocycles. The molecule has 16 rings (SSSR count). The van der Waals surface area contributed by atoms with Crippen molar-refractivity contribution in [3.63, 3.8) is 0 Å². The number of hydrogen-bond donors (Lipinski definition) is 7. The van der Waals surface area contributed by atoms with Gasteiger partial charge in [0.2, 0.25) is 17.8 Å². The Morgan fingerprint density at radius 3 is 1.43 bits per heavy atom. The van der Waals surface area contributed by atoms with Crippen LogP contribution in [-0.4, -0.2) is 101 Å². The average molecular weight is 1500 g/mol. The molecule has 4 aromatic heterocycles. The van der Waals surface area contributed by atoms with Gasteiger partial charge in [0.05, 0.1) is 55.2 Å². The molecular formula is C81H57N13O14S2. The predicted octanol–water partition coefficient (Wildman–Crippen LogP) is 13.1. The van der Waals surface area contributed by atoms with Crippen LogP contribution in [0.15, 0.2) is 250 Å². The second-order valence-electron chi connectivity index (χ2n) is 25.5. The van der Waals surface area contributed by atoms with Crippen LogP contribution < -0.4 is 47.2 Å². The summed E-state index contributed by atoms with van der Waals surface area (Å²) in [4.78, 5) is 114. The number of para-hydroxylation sites is 1. The SMILES string of the molecule is Cn1c(=O)c(C(=O)c2ccccc2)c2c3c(c(Nc4cccc(Cc5nc(NCCNc6nc(Nc7ccc(S(=O)(=O)O)c(Nc8ccc9c%10c8C(=O)c8ccccc8-c%10c(C(=O)c8ccccc8)c(=O)n9C)c7)nc(Oc7ccc(S(=O)(=O)O)cc7)n6)nc(Oc6ccccc6)n5)c4)ccc31)C(=O)c1ccccc1-2. The molecule has 29 heteroatoms. The van der Waals surface area contributed by atoms with Gasteiger partial charge in [-0.2, -0.15) is 46.7 Å². The highest BCUT2D eigenvalue weighted by molar-refractivity contribution is 7.86. The summed E-state index contributed by atoms with van der Waals surface area (Å²) >= 11 is 0. The molecule has 0 amide bonds. The zero-order valence-electron chi connectivity index (χ0n) is 57.7. The summed E-state index contributed by atoms with van der Waals surface area (Å²) in [6, 6.07) is 61.0. The molecule has 10 aromatic carbocycles. The first-order valence-electron chi connectivity index (χ1n) is 34.0. The van der Waals surface area contributed by atoms with E-state index in [4.69, 9.17) is 19.4 Å². The Labute approximate surface area is 624 Å². The Morgan fingerprint density at radius 2 is 0.891 bits per heavy atom. The van der Waals surface area contributed by atoms with Gasteiger partial charge in [-0.15, -0.1) is 0 Å². The number of rotatable bonds is 23. The third-order valence-corrected chi connectivity index (χ3v) is 20.4. The lowest BCUT2D eigenvalue weighted by Crippen LogP contribution is -2.29. The van der Waals surface area contributed by atoms with Crippen LogP contribution in [0.2, 0.25) is 0 Å². The number of carbonyl (C=O) groups is 4. The number of ketones is 4. The van der Waals surface area contributed by atoms with Crippen LogP contribution in [0.3, 0.4) is 0 Å². The van der Waals surface area contributed by atoms with Gasteiger partial charge in [-0.3, -0.25) is 37.9 Å². The zero-order valence-corrected chi connectivity index (χ0v) is 59.4. The smallest absolute Gasteiger partial charge is 0.328 e. The molecule has 0 spiro atoms. The van der Waals surface area contributed by atoms with E-state index in [0.717, 1.165) is 23.8 Å². The maximum absolute atomic E-state index is 14.9. The molecule has 27 nitrogen and oxygen atoms in total. The van der Waals surface area contributed by atoms with Gasteiger partial charge in [0.1, 0.15) is 22.2 Å². The van der Waals surface area contributed by atoms with Crippen molar-refractivity contribution in [2.75, 3.05) is 39.7 Å². The van der Waals surface area contributed by atoms with Crippen molar-refractivity contribution in [1.82, 2.24) is 39.0 Å². The molecule has 0 atom stereocenters. The number of ether oxygens (including phenoxy) is 2. The van der Waals surface area contributed by atoms with Gasteiger partial charge < -0.3 is 45.2 Å². The minimum Gasteiger partial charge on any atom is -0.424 e. The van der Waals surface area contributed by atoms with Crippen LogP contribution in [0.4, 0.5) is 46.3 Å². The quantitative estimate of drug-likeness (QED) is 0.0178. The second-order valence-corrected chi connectivity index (χ2v) is 28.3. The molecule has 2 aliphatic carbocycles. The highest BCUT2D eigenvalue weighted by Gasteiger charge is 2.37. The van der Waals surface area contributed by atoms with E-state index in [1.165, 1.54) is 46.5 Å². The van der Waals surface area contributed by atoms with Crippen LogP contribution in [-0.2, 0) is 40.8 Å². The van der Waals surface area contributed by atoms with E-state index >= 15 is 0 Å². The van der Waals surface area contributed by atoms with Crippen LogP contribution in [0.1, 0.15) is 75.1 Å². The normalized spacial score (nSPS) is 12.1. The number of nitrogens with one attached hydrogen (secondary N) is 5. The number of nitrogens with zero attached hydrogens (tertiary/aromatic N) is 8. The van der Waals surface area contributed by atoms with Crippen molar-refractivity contribution in [3.05, 3.63) is 307 Å². The van der Waals surface area contributed by atoms with Crippen LogP contribution >= 0.6 is 0 Å². The Hall–Kier alpha value is -14.3. The van der Waals surface area contributed by atoms with Gasteiger partial charge in [-0.25, -0.2) is 0 Å². The monoisotopic (exact) mass is 1500 g/mol. The van der Waals surface area contributed by atoms with Crippen LogP contribution in [0.25, 0.3) is 44.1 Å². The third kappa shape index (κ3) is 13.4. The summed E-state index contributed by atoms with van der Waals surface area (Å²) in [5.41, 5.74) is 3.79. The summed E-state index contributed by atoms with van der Waals surface area (Å²) in [7, 11) is -6.56. The summed E-state index contributed by atoms with van der Waals surface area (Å²) in [5, 5.41) is 16.6. The fourth-order valence-electron chi connectivity index (χ4n) is 13.6. The Bertz CT molecular complexity index is 6590. The average Bonchev–Trinajstić information content (AvgIpc) is 0.713. The van der Waals surface area contributed by atoms with Crippen molar-refractivity contribution < 1.29 is 54.6 Å². The topological polar surface area (TPSA) is 377 Å². The molecule has 0 unspecified atom stereocenters. The Morgan fingerprint density at radius 1 is 0.418 bits per heavy atom. The van der Waals surface area contributed by atoms with Gasteiger partial charge in [0.15, 0.2) is 23.1 Å². The fourth-order valence-corrected chi connectivity index (χ4v) is 14.7. The van der Waals surface area contributed by atoms with E-state index < -0.39 is 58.5 Å². The molecule has 0 bridgehead atoms. The minimum absolute atomic E-state index is 0.00225. The molecule has 542 valence electrons. The maximum Gasteiger partial charge on any atom is 0.328 e. The fraction of sp³-hybridized carbons (Fsp3) is 0.0617. The molecule has 0 fully saturated rings. The number of carbonyl (C=O) groups excluding carboxylic acids is 4. The number of benzene rings is 10. The van der Waals surface area contributed by atoms with E-state index in [9.17, 15) is 54.7 Å². The number of anilines is 8.